The van der Waals surface area contributed by atoms with E-state index in [1.807, 2.05) is 31.2 Å². The van der Waals surface area contributed by atoms with Gasteiger partial charge in [0.2, 0.25) is 11.8 Å². The van der Waals surface area contributed by atoms with E-state index in [0.717, 1.165) is 17.7 Å². The minimum absolute atomic E-state index is 0.0429. The molecule has 6 nitrogen and oxygen atoms in total. The second kappa shape index (κ2) is 8.69. The van der Waals surface area contributed by atoms with Crippen molar-refractivity contribution in [3.05, 3.63) is 59.7 Å². The van der Waals surface area contributed by atoms with Crippen molar-refractivity contribution in [2.75, 3.05) is 23.4 Å². The third kappa shape index (κ3) is 4.22. The van der Waals surface area contributed by atoms with Crippen molar-refractivity contribution in [3.8, 4) is 0 Å². The van der Waals surface area contributed by atoms with Crippen LogP contribution in [0.5, 0.6) is 0 Å². The SMILES string of the molecule is CCOC(=O)c1ccc(NC(=O)[C@@H]2CC(=O)N(c3ccccc3CC)C2)cc1. The lowest BCUT2D eigenvalue weighted by Crippen LogP contribution is -2.28. The Morgan fingerprint density at radius 1 is 1.11 bits per heavy atom. The topological polar surface area (TPSA) is 75.7 Å². The molecule has 1 aliphatic heterocycles. The van der Waals surface area contributed by atoms with Crippen LogP contribution >= 0.6 is 0 Å². The van der Waals surface area contributed by atoms with Gasteiger partial charge in [-0.05, 0) is 49.2 Å². The highest BCUT2D eigenvalue weighted by atomic mass is 16.5. The number of anilines is 2. The predicted octanol–water partition coefficient (Wildman–Crippen LogP) is 3.42. The summed E-state index contributed by atoms with van der Waals surface area (Å²) >= 11 is 0. The fourth-order valence-electron chi connectivity index (χ4n) is 3.34. The fourth-order valence-corrected chi connectivity index (χ4v) is 3.34. The maximum Gasteiger partial charge on any atom is 0.338 e. The van der Waals surface area contributed by atoms with Crippen molar-refractivity contribution < 1.29 is 19.1 Å². The summed E-state index contributed by atoms with van der Waals surface area (Å²) in [5.41, 5.74) is 2.98. The van der Waals surface area contributed by atoms with Gasteiger partial charge in [0, 0.05) is 24.3 Å². The van der Waals surface area contributed by atoms with E-state index in [1.165, 1.54) is 0 Å². The second-order valence-electron chi connectivity index (χ2n) is 6.67. The molecule has 3 rings (SSSR count). The molecule has 6 heteroatoms. The molecule has 0 spiro atoms. The molecule has 0 saturated carbocycles. The van der Waals surface area contributed by atoms with Gasteiger partial charge >= 0.3 is 5.97 Å². The molecule has 0 radical (unpaired) electrons. The predicted molar refractivity (Wildman–Crippen MR) is 107 cm³/mol. The van der Waals surface area contributed by atoms with E-state index in [0.29, 0.717) is 24.4 Å². The van der Waals surface area contributed by atoms with Gasteiger partial charge in [-0.25, -0.2) is 4.79 Å². The molecule has 1 saturated heterocycles. The molecule has 2 aromatic carbocycles. The molecule has 0 aliphatic carbocycles. The Balaban J connectivity index is 1.65. The monoisotopic (exact) mass is 380 g/mol. The summed E-state index contributed by atoms with van der Waals surface area (Å²) in [7, 11) is 0. The number of aryl methyl sites for hydroxylation is 1. The highest BCUT2D eigenvalue weighted by molar-refractivity contribution is 6.04. The number of nitrogens with zero attached hydrogens (tertiary/aromatic N) is 1. The maximum atomic E-state index is 12.6. The highest BCUT2D eigenvalue weighted by Gasteiger charge is 2.35. The van der Waals surface area contributed by atoms with Gasteiger partial charge in [0.25, 0.3) is 0 Å². The number of nitrogens with one attached hydrogen (secondary N) is 1. The third-order valence-corrected chi connectivity index (χ3v) is 4.82. The van der Waals surface area contributed by atoms with Crippen LogP contribution in [-0.2, 0) is 20.7 Å². The molecule has 1 fully saturated rings. The Morgan fingerprint density at radius 2 is 1.82 bits per heavy atom. The first kappa shape index (κ1) is 19.6. The minimum atomic E-state index is -0.415. The second-order valence-corrected chi connectivity index (χ2v) is 6.67. The summed E-state index contributed by atoms with van der Waals surface area (Å²) < 4.78 is 4.95. The minimum Gasteiger partial charge on any atom is -0.462 e. The summed E-state index contributed by atoms with van der Waals surface area (Å²) in [6.07, 6.45) is 1.01. The first-order valence-electron chi connectivity index (χ1n) is 9.49. The van der Waals surface area contributed by atoms with Crippen LogP contribution in [-0.4, -0.2) is 30.9 Å². The fraction of sp³-hybridized carbons (Fsp3) is 0.318. The first-order valence-corrected chi connectivity index (χ1v) is 9.49. The number of carbonyl (C=O) groups excluding carboxylic acids is 3. The molecule has 1 atom stereocenters. The summed E-state index contributed by atoms with van der Waals surface area (Å²) in [6.45, 7) is 4.47. The molecule has 2 amide bonds. The number of carbonyl (C=O) groups is 3. The molecular formula is C22H24N2O4. The van der Waals surface area contributed by atoms with Crippen LogP contribution in [0.25, 0.3) is 0 Å². The summed E-state index contributed by atoms with van der Waals surface area (Å²) in [5, 5.41) is 2.83. The van der Waals surface area contributed by atoms with Gasteiger partial charge < -0.3 is 15.0 Å². The van der Waals surface area contributed by atoms with E-state index in [9.17, 15) is 14.4 Å². The van der Waals surface area contributed by atoms with Crippen molar-refractivity contribution in [3.63, 3.8) is 0 Å². The summed E-state index contributed by atoms with van der Waals surface area (Å²) in [4.78, 5) is 38.5. The Labute approximate surface area is 164 Å². The van der Waals surface area contributed by atoms with Crippen molar-refractivity contribution in [2.24, 2.45) is 5.92 Å². The molecule has 0 unspecified atom stereocenters. The third-order valence-electron chi connectivity index (χ3n) is 4.82. The van der Waals surface area contributed by atoms with Crippen molar-refractivity contribution in [1.82, 2.24) is 0 Å². The number of amides is 2. The standard InChI is InChI=1S/C22H24N2O4/c1-3-15-7-5-6-8-19(15)24-14-17(13-20(24)25)21(26)23-18-11-9-16(10-12-18)22(27)28-4-2/h5-12,17H,3-4,13-14H2,1-2H3,(H,23,26)/t17-/m1/s1. The average molecular weight is 380 g/mol. The molecular weight excluding hydrogens is 356 g/mol. The van der Waals surface area contributed by atoms with E-state index in [4.69, 9.17) is 4.74 Å². The highest BCUT2D eigenvalue weighted by Crippen LogP contribution is 2.29. The smallest absolute Gasteiger partial charge is 0.338 e. The number of ether oxygens (including phenoxy) is 1. The molecule has 1 heterocycles. The lowest BCUT2D eigenvalue weighted by Gasteiger charge is -2.20. The maximum absolute atomic E-state index is 12.6. The lowest BCUT2D eigenvalue weighted by molar-refractivity contribution is -0.122. The van der Waals surface area contributed by atoms with Gasteiger partial charge in [-0.1, -0.05) is 25.1 Å². The van der Waals surface area contributed by atoms with Crippen molar-refractivity contribution in [1.29, 1.82) is 0 Å². The lowest BCUT2D eigenvalue weighted by atomic mass is 10.1. The van der Waals surface area contributed by atoms with E-state index < -0.39 is 11.9 Å². The van der Waals surface area contributed by atoms with Crippen LogP contribution in [0.3, 0.4) is 0 Å². The molecule has 28 heavy (non-hydrogen) atoms. The Kier molecular flexibility index (Phi) is 6.09. The number of para-hydroxylation sites is 1. The molecule has 1 aliphatic rings. The summed E-state index contributed by atoms with van der Waals surface area (Å²) in [6, 6.07) is 14.3. The van der Waals surface area contributed by atoms with Crippen molar-refractivity contribution >= 4 is 29.2 Å². The normalized spacial score (nSPS) is 16.1. The van der Waals surface area contributed by atoms with Crippen molar-refractivity contribution in [2.45, 2.75) is 26.7 Å². The van der Waals surface area contributed by atoms with Crippen LogP contribution in [0.1, 0.15) is 36.2 Å². The number of rotatable bonds is 6. The van der Waals surface area contributed by atoms with E-state index >= 15 is 0 Å². The Hall–Kier alpha value is -3.15. The number of esters is 1. The van der Waals surface area contributed by atoms with Crippen LogP contribution in [0.4, 0.5) is 11.4 Å². The summed E-state index contributed by atoms with van der Waals surface area (Å²) in [5.74, 6) is -1.05. The quantitative estimate of drug-likeness (QED) is 0.779. The van der Waals surface area contributed by atoms with Gasteiger partial charge in [0.05, 0.1) is 18.1 Å². The van der Waals surface area contributed by atoms with Crippen LogP contribution in [0.15, 0.2) is 48.5 Å². The first-order chi connectivity index (χ1) is 13.5. The van der Waals surface area contributed by atoms with Gasteiger partial charge in [0.1, 0.15) is 0 Å². The van der Waals surface area contributed by atoms with Gasteiger partial charge in [-0.3, -0.25) is 9.59 Å². The van der Waals surface area contributed by atoms with E-state index in [1.54, 1.807) is 36.1 Å². The molecule has 0 aromatic heterocycles. The zero-order valence-corrected chi connectivity index (χ0v) is 16.1. The molecule has 2 aromatic rings. The van der Waals surface area contributed by atoms with Gasteiger partial charge in [-0.15, -0.1) is 0 Å². The van der Waals surface area contributed by atoms with E-state index in [2.05, 4.69) is 5.32 Å². The Morgan fingerprint density at radius 3 is 2.50 bits per heavy atom. The van der Waals surface area contributed by atoms with Crippen LogP contribution < -0.4 is 10.2 Å². The number of hydrogen-bond acceptors (Lipinski definition) is 4. The van der Waals surface area contributed by atoms with Gasteiger partial charge in [-0.2, -0.15) is 0 Å². The van der Waals surface area contributed by atoms with Crippen LogP contribution in [0, 0.1) is 5.92 Å². The zero-order chi connectivity index (χ0) is 20.1. The zero-order valence-electron chi connectivity index (χ0n) is 16.1. The molecule has 0 bridgehead atoms. The van der Waals surface area contributed by atoms with Gasteiger partial charge in [0.15, 0.2) is 0 Å². The van der Waals surface area contributed by atoms with Crippen LogP contribution in [0.2, 0.25) is 0 Å². The Bertz CT molecular complexity index is 876. The van der Waals surface area contributed by atoms with E-state index in [-0.39, 0.29) is 18.2 Å². The number of benzene rings is 2. The molecule has 1 N–H and O–H groups in total. The molecule has 146 valence electrons. The number of hydrogen-bond donors (Lipinski definition) is 1. The largest absolute Gasteiger partial charge is 0.462 e. The average Bonchev–Trinajstić information content (AvgIpc) is 3.10.